The summed E-state index contributed by atoms with van der Waals surface area (Å²) in [7, 11) is 1.59. The topological polar surface area (TPSA) is 97.0 Å². The van der Waals surface area contributed by atoms with E-state index >= 15 is 0 Å². The number of thiophene rings is 1. The van der Waals surface area contributed by atoms with E-state index < -0.39 is 6.04 Å². The van der Waals surface area contributed by atoms with Crippen LogP contribution in [0.15, 0.2) is 72.1 Å². The molecule has 1 aliphatic heterocycles. The lowest BCUT2D eigenvalue weighted by Gasteiger charge is -2.32. The van der Waals surface area contributed by atoms with Crippen molar-refractivity contribution in [3.63, 3.8) is 0 Å². The lowest BCUT2D eigenvalue weighted by molar-refractivity contribution is -0.141. The second-order valence-corrected chi connectivity index (χ2v) is 9.67. The lowest BCUT2D eigenvalue weighted by atomic mass is 10.0. The number of hydrogen-bond acceptors (Lipinski definition) is 6. The van der Waals surface area contributed by atoms with Crippen molar-refractivity contribution in [1.82, 2.24) is 15.5 Å². The Hall–Kier alpha value is -3.69. The molecule has 2 aromatic carbocycles. The predicted molar refractivity (Wildman–Crippen MR) is 141 cm³/mol. The maximum Gasteiger partial charge on any atom is 0.261 e. The van der Waals surface area contributed by atoms with Crippen molar-refractivity contribution >= 4 is 29.1 Å². The van der Waals surface area contributed by atoms with Crippen LogP contribution in [-0.4, -0.2) is 55.5 Å². The van der Waals surface area contributed by atoms with E-state index in [-0.39, 0.29) is 36.9 Å². The van der Waals surface area contributed by atoms with Gasteiger partial charge in [0.2, 0.25) is 11.8 Å². The summed E-state index contributed by atoms with van der Waals surface area (Å²) in [5, 5.41) is 7.49. The SMILES string of the molecule is COc1ccc(CN(C(=O)CNC(=O)c2cccs2)[C@H](C(=O)NC[C@@H]2CCCO2)c2ccccc2)cc1. The molecule has 2 N–H and O–H groups in total. The van der Waals surface area contributed by atoms with Gasteiger partial charge in [-0.2, -0.15) is 0 Å². The molecule has 1 aromatic heterocycles. The molecule has 0 aliphatic carbocycles. The molecule has 3 amide bonds. The number of rotatable bonds is 11. The second-order valence-electron chi connectivity index (χ2n) is 8.72. The number of nitrogens with one attached hydrogen (secondary N) is 2. The van der Waals surface area contributed by atoms with Gasteiger partial charge in [-0.3, -0.25) is 14.4 Å². The molecule has 4 rings (SSSR count). The number of methoxy groups -OCH3 is 1. The van der Waals surface area contributed by atoms with E-state index in [2.05, 4.69) is 10.6 Å². The predicted octanol–water partition coefficient (Wildman–Crippen LogP) is 3.55. The van der Waals surface area contributed by atoms with Gasteiger partial charge >= 0.3 is 0 Å². The molecule has 0 radical (unpaired) electrons. The Kier molecular flexibility index (Phi) is 9.29. The van der Waals surface area contributed by atoms with Gasteiger partial charge in [0.25, 0.3) is 5.91 Å². The minimum atomic E-state index is -0.893. The zero-order chi connectivity index (χ0) is 26.0. The summed E-state index contributed by atoms with van der Waals surface area (Å²) < 4.78 is 10.9. The van der Waals surface area contributed by atoms with E-state index in [4.69, 9.17) is 9.47 Å². The average molecular weight is 522 g/mol. The molecule has 0 saturated carbocycles. The molecule has 37 heavy (non-hydrogen) atoms. The fourth-order valence-corrected chi connectivity index (χ4v) is 4.87. The molecule has 2 atom stereocenters. The van der Waals surface area contributed by atoms with Gasteiger partial charge in [0.1, 0.15) is 11.8 Å². The summed E-state index contributed by atoms with van der Waals surface area (Å²) in [6.45, 7) is 0.996. The van der Waals surface area contributed by atoms with Crippen molar-refractivity contribution in [2.75, 3.05) is 26.8 Å². The first-order valence-electron chi connectivity index (χ1n) is 12.2. The smallest absolute Gasteiger partial charge is 0.261 e. The Balaban J connectivity index is 1.59. The van der Waals surface area contributed by atoms with E-state index in [0.717, 1.165) is 18.4 Å². The molecule has 9 heteroatoms. The van der Waals surface area contributed by atoms with Gasteiger partial charge in [-0.05, 0) is 47.5 Å². The van der Waals surface area contributed by atoms with Crippen molar-refractivity contribution < 1.29 is 23.9 Å². The number of benzene rings is 2. The van der Waals surface area contributed by atoms with Crippen LogP contribution in [0.2, 0.25) is 0 Å². The number of ether oxygens (including phenoxy) is 2. The molecule has 0 unspecified atom stereocenters. The van der Waals surface area contributed by atoms with E-state index in [0.29, 0.717) is 29.3 Å². The fourth-order valence-electron chi connectivity index (χ4n) is 4.23. The maximum absolute atomic E-state index is 13.6. The molecule has 1 aliphatic rings. The van der Waals surface area contributed by atoms with Gasteiger partial charge in [-0.1, -0.05) is 48.5 Å². The van der Waals surface area contributed by atoms with Gasteiger partial charge in [0, 0.05) is 19.7 Å². The molecular weight excluding hydrogens is 490 g/mol. The molecule has 0 bridgehead atoms. The van der Waals surface area contributed by atoms with Gasteiger partial charge in [-0.15, -0.1) is 11.3 Å². The van der Waals surface area contributed by atoms with Crippen molar-refractivity contribution in [2.45, 2.75) is 31.5 Å². The zero-order valence-corrected chi connectivity index (χ0v) is 21.5. The van der Waals surface area contributed by atoms with Crippen LogP contribution in [0.5, 0.6) is 5.75 Å². The van der Waals surface area contributed by atoms with Crippen LogP contribution in [0, 0.1) is 0 Å². The zero-order valence-electron chi connectivity index (χ0n) is 20.7. The summed E-state index contributed by atoms with van der Waals surface area (Å²) >= 11 is 1.30. The van der Waals surface area contributed by atoms with Crippen molar-refractivity contribution in [3.8, 4) is 5.75 Å². The van der Waals surface area contributed by atoms with Crippen molar-refractivity contribution in [1.29, 1.82) is 0 Å². The second kappa shape index (κ2) is 13.0. The summed E-state index contributed by atoms with van der Waals surface area (Å²) in [4.78, 5) is 41.7. The quantitative estimate of drug-likeness (QED) is 0.402. The minimum Gasteiger partial charge on any atom is -0.497 e. The first kappa shape index (κ1) is 26.4. The third-order valence-corrected chi connectivity index (χ3v) is 7.05. The molecular formula is C28H31N3O5S. The molecule has 2 heterocycles. The van der Waals surface area contributed by atoms with E-state index in [9.17, 15) is 14.4 Å². The van der Waals surface area contributed by atoms with E-state index in [1.165, 1.54) is 16.2 Å². The highest BCUT2D eigenvalue weighted by Gasteiger charge is 2.32. The number of amides is 3. The van der Waals surface area contributed by atoms with Gasteiger partial charge < -0.3 is 25.0 Å². The highest BCUT2D eigenvalue weighted by atomic mass is 32.1. The van der Waals surface area contributed by atoms with Crippen LogP contribution in [0.4, 0.5) is 0 Å². The van der Waals surface area contributed by atoms with Gasteiger partial charge in [0.15, 0.2) is 0 Å². The number of carbonyl (C=O) groups is 3. The summed E-state index contributed by atoms with van der Waals surface area (Å²) in [6, 6.07) is 19.1. The lowest BCUT2D eigenvalue weighted by Crippen LogP contribution is -2.47. The normalized spacial score (nSPS) is 15.5. The molecule has 1 fully saturated rings. The summed E-state index contributed by atoms with van der Waals surface area (Å²) in [5.41, 5.74) is 1.50. The number of nitrogens with zero attached hydrogens (tertiary/aromatic N) is 1. The molecule has 3 aromatic rings. The van der Waals surface area contributed by atoms with Gasteiger partial charge in [-0.25, -0.2) is 0 Å². The van der Waals surface area contributed by atoms with Crippen molar-refractivity contribution in [3.05, 3.63) is 88.1 Å². The van der Waals surface area contributed by atoms with Crippen LogP contribution in [-0.2, 0) is 20.9 Å². The van der Waals surface area contributed by atoms with Crippen LogP contribution >= 0.6 is 11.3 Å². The summed E-state index contributed by atoms with van der Waals surface area (Å²) in [6.07, 6.45) is 1.82. The Morgan fingerprint density at radius 3 is 2.49 bits per heavy atom. The third kappa shape index (κ3) is 7.18. The van der Waals surface area contributed by atoms with Crippen molar-refractivity contribution in [2.24, 2.45) is 0 Å². The summed E-state index contributed by atoms with van der Waals surface area (Å²) in [5.74, 6) is -0.305. The largest absolute Gasteiger partial charge is 0.497 e. The standard InChI is InChI=1S/C28H31N3O5S/c1-35-22-13-11-20(12-14-22)19-31(25(32)18-30-27(33)24-10-6-16-37-24)26(21-7-3-2-4-8-21)28(34)29-17-23-9-5-15-36-23/h2-4,6-8,10-14,16,23,26H,5,9,15,17-19H2,1H3,(H,29,34)(H,30,33)/t23-,26-/m0/s1. The van der Waals surface area contributed by atoms with Crippen LogP contribution < -0.4 is 15.4 Å². The first-order valence-corrected chi connectivity index (χ1v) is 13.1. The number of hydrogen-bond donors (Lipinski definition) is 2. The fraction of sp³-hybridized carbons (Fsp3) is 0.321. The van der Waals surface area contributed by atoms with Crippen LogP contribution in [0.1, 0.15) is 39.7 Å². The maximum atomic E-state index is 13.6. The highest BCUT2D eigenvalue weighted by molar-refractivity contribution is 7.12. The molecule has 0 spiro atoms. The Bertz CT molecular complexity index is 1160. The monoisotopic (exact) mass is 521 g/mol. The highest BCUT2D eigenvalue weighted by Crippen LogP contribution is 2.25. The molecule has 8 nitrogen and oxygen atoms in total. The number of carbonyl (C=O) groups excluding carboxylic acids is 3. The molecule has 194 valence electrons. The Morgan fingerprint density at radius 1 is 1.05 bits per heavy atom. The molecule has 1 saturated heterocycles. The van der Waals surface area contributed by atoms with Gasteiger partial charge in [0.05, 0.1) is 24.6 Å². The van der Waals surface area contributed by atoms with Crippen LogP contribution in [0.3, 0.4) is 0 Å². The minimum absolute atomic E-state index is 0.0313. The van der Waals surface area contributed by atoms with E-state index in [1.807, 2.05) is 54.6 Å². The Labute approximate surface area is 220 Å². The van der Waals surface area contributed by atoms with E-state index in [1.54, 1.807) is 24.6 Å². The average Bonchev–Trinajstić information content (AvgIpc) is 3.66. The first-order chi connectivity index (χ1) is 18.0. The Morgan fingerprint density at radius 2 is 1.84 bits per heavy atom. The third-order valence-electron chi connectivity index (χ3n) is 6.18. The van der Waals surface area contributed by atoms with Crippen LogP contribution in [0.25, 0.3) is 0 Å².